The molecule has 0 atom stereocenters. The van der Waals surface area contributed by atoms with Crippen LogP contribution < -0.4 is 4.72 Å². The van der Waals surface area contributed by atoms with Crippen molar-refractivity contribution in [2.45, 2.75) is 25.6 Å². The van der Waals surface area contributed by atoms with Gasteiger partial charge < -0.3 is 9.47 Å². The van der Waals surface area contributed by atoms with E-state index in [-0.39, 0.29) is 0 Å². The highest BCUT2D eigenvalue weighted by Gasteiger charge is 2.28. The molecule has 1 heterocycles. The molecule has 1 N–H and O–H groups in total. The number of nitrogens with one attached hydrogen (secondary N) is 1. The Labute approximate surface area is 113 Å². The Bertz CT molecular complexity index is 572. The molecule has 0 saturated carbocycles. The number of aryl methyl sites for hydroxylation is 1. The third-order valence-corrected chi connectivity index (χ3v) is 3.39. The zero-order valence-corrected chi connectivity index (χ0v) is 11.7. The molecule has 1 aromatic carbocycles. The third kappa shape index (κ3) is 4.17. The summed E-state index contributed by atoms with van der Waals surface area (Å²) in [5.74, 6) is -0.625. The summed E-state index contributed by atoms with van der Waals surface area (Å²) in [5.41, 5.74) is 1.59. The fourth-order valence-corrected chi connectivity index (χ4v) is 2.42. The van der Waals surface area contributed by atoms with Gasteiger partial charge in [-0.15, -0.1) is 0 Å². The van der Waals surface area contributed by atoms with Crippen molar-refractivity contribution in [3.8, 4) is 0 Å². The summed E-state index contributed by atoms with van der Waals surface area (Å²) in [6, 6.07) is 7.29. The molecule has 0 bridgehead atoms. The summed E-state index contributed by atoms with van der Waals surface area (Å²) in [4.78, 5) is 0. The Hall–Kier alpha value is -1.69. The maximum Gasteiger partial charge on any atom is 0.247 e. The molecule has 0 amide bonds. The molecule has 6 heteroatoms. The summed E-state index contributed by atoms with van der Waals surface area (Å²) >= 11 is 0. The molecule has 1 aliphatic heterocycles. The molecule has 0 radical (unpaired) electrons. The molecule has 104 valence electrons. The first-order chi connectivity index (χ1) is 8.86. The summed E-state index contributed by atoms with van der Waals surface area (Å²) in [7, 11) is -3.25. The normalized spacial score (nSPS) is 16.7. The Kier molecular flexibility index (Phi) is 3.71. The highest BCUT2D eigenvalue weighted by atomic mass is 32.2. The molecule has 0 aromatic heterocycles. The monoisotopic (exact) mass is 283 g/mol. The van der Waals surface area contributed by atoms with Gasteiger partial charge in [-0.05, 0) is 24.1 Å². The van der Waals surface area contributed by atoms with Crippen LogP contribution in [-0.4, -0.2) is 20.5 Å². The molecule has 5 nitrogen and oxygen atoms in total. The second kappa shape index (κ2) is 5.13. The van der Waals surface area contributed by atoms with Crippen molar-refractivity contribution in [3.63, 3.8) is 0 Å². The van der Waals surface area contributed by atoms with Gasteiger partial charge in [-0.3, -0.25) is 4.72 Å². The summed E-state index contributed by atoms with van der Waals surface area (Å²) < 4.78 is 35.5. The van der Waals surface area contributed by atoms with E-state index in [1.165, 1.54) is 12.5 Å². The van der Waals surface area contributed by atoms with Crippen molar-refractivity contribution < 1.29 is 17.9 Å². The lowest BCUT2D eigenvalue weighted by molar-refractivity contribution is -0.130. The summed E-state index contributed by atoms with van der Waals surface area (Å²) in [6.45, 7) is 1.87. The van der Waals surface area contributed by atoms with Crippen molar-refractivity contribution in [1.29, 1.82) is 0 Å². The van der Waals surface area contributed by atoms with Gasteiger partial charge in [-0.25, -0.2) is 8.42 Å². The minimum absolute atomic E-state index is 0.566. The topological polar surface area (TPSA) is 64.6 Å². The zero-order valence-electron chi connectivity index (χ0n) is 10.9. The molecule has 19 heavy (non-hydrogen) atoms. The maximum absolute atomic E-state index is 11.2. The van der Waals surface area contributed by atoms with Crippen LogP contribution >= 0.6 is 0 Å². The van der Waals surface area contributed by atoms with Crippen LogP contribution in [0.2, 0.25) is 0 Å². The number of hydrogen-bond acceptors (Lipinski definition) is 4. The van der Waals surface area contributed by atoms with Gasteiger partial charge in [0.25, 0.3) is 0 Å². The molecule has 0 fully saturated rings. The molecule has 1 aliphatic rings. The van der Waals surface area contributed by atoms with Gasteiger partial charge in [-0.2, -0.15) is 0 Å². The van der Waals surface area contributed by atoms with Crippen LogP contribution in [0, 0.1) is 0 Å². The van der Waals surface area contributed by atoms with Crippen molar-refractivity contribution in [2.24, 2.45) is 0 Å². The maximum atomic E-state index is 11.2. The predicted molar refractivity (Wildman–Crippen MR) is 72.9 cm³/mol. The highest BCUT2D eigenvalue weighted by Crippen LogP contribution is 2.25. The molecule has 1 aromatic rings. The van der Waals surface area contributed by atoms with E-state index >= 15 is 0 Å². The van der Waals surface area contributed by atoms with Gasteiger partial charge in [-0.1, -0.05) is 12.1 Å². The number of ether oxygens (including phenoxy) is 2. The lowest BCUT2D eigenvalue weighted by atomic mass is 10.1. The Morgan fingerprint density at radius 2 is 1.95 bits per heavy atom. The number of benzene rings is 1. The smallest absolute Gasteiger partial charge is 0.247 e. The molecule has 0 spiro atoms. The second-order valence-electron chi connectivity index (χ2n) is 4.72. The van der Waals surface area contributed by atoms with Crippen LogP contribution in [0.15, 0.2) is 36.8 Å². The molecule has 0 aliphatic carbocycles. The molecular formula is C13H17NO4S. The number of sulfonamides is 1. The van der Waals surface area contributed by atoms with Crippen LogP contribution in [0.5, 0.6) is 0 Å². The molecule has 0 saturated heterocycles. The van der Waals surface area contributed by atoms with Crippen LogP contribution in [0.25, 0.3) is 0 Å². The Morgan fingerprint density at radius 3 is 2.58 bits per heavy atom. The van der Waals surface area contributed by atoms with Gasteiger partial charge in [0.1, 0.15) is 12.5 Å². The van der Waals surface area contributed by atoms with Gasteiger partial charge in [0.05, 0.1) is 6.26 Å². The number of hydrogen-bond donors (Lipinski definition) is 1. The van der Waals surface area contributed by atoms with Crippen molar-refractivity contribution in [2.75, 3.05) is 11.0 Å². The fraction of sp³-hybridized carbons (Fsp3) is 0.385. The van der Waals surface area contributed by atoms with Gasteiger partial charge in [0.15, 0.2) is 0 Å². The molecule has 2 rings (SSSR count). The predicted octanol–water partition coefficient (Wildman–Crippen LogP) is 2.22. The number of rotatable bonds is 5. The average Bonchev–Trinajstić information content (AvgIpc) is 2.73. The van der Waals surface area contributed by atoms with Crippen molar-refractivity contribution in [3.05, 3.63) is 42.4 Å². The average molecular weight is 283 g/mol. The first kappa shape index (κ1) is 13.7. The first-order valence-corrected chi connectivity index (χ1v) is 7.83. The van der Waals surface area contributed by atoms with E-state index in [9.17, 15) is 8.42 Å². The minimum atomic E-state index is -3.25. The minimum Gasteiger partial charge on any atom is -0.457 e. The fourth-order valence-electron chi connectivity index (χ4n) is 1.86. The SMILES string of the molecule is CC1(CCc2cccc(NS(C)(=O)=O)c2)OC=CO1. The lowest BCUT2D eigenvalue weighted by Gasteiger charge is -2.22. The lowest BCUT2D eigenvalue weighted by Crippen LogP contribution is -2.25. The van der Waals surface area contributed by atoms with Gasteiger partial charge in [0.2, 0.25) is 15.8 Å². The third-order valence-electron chi connectivity index (χ3n) is 2.79. The summed E-state index contributed by atoms with van der Waals surface area (Å²) in [5, 5.41) is 0. The van der Waals surface area contributed by atoms with E-state index in [0.29, 0.717) is 12.1 Å². The van der Waals surface area contributed by atoms with Crippen LogP contribution in [0.4, 0.5) is 5.69 Å². The second-order valence-corrected chi connectivity index (χ2v) is 6.46. The van der Waals surface area contributed by atoms with E-state index in [0.717, 1.165) is 18.2 Å². The highest BCUT2D eigenvalue weighted by molar-refractivity contribution is 7.92. The van der Waals surface area contributed by atoms with Crippen LogP contribution in [0.3, 0.4) is 0 Å². The van der Waals surface area contributed by atoms with E-state index in [2.05, 4.69) is 4.72 Å². The Balaban J connectivity index is 1.99. The van der Waals surface area contributed by atoms with Gasteiger partial charge in [0, 0.05) is 19.0 Å². The van der Waals surface area contributed by atoms with Crippen LogP contribution in [-0.2, 0) is 25.9 Å². The standard InChI is InChI=1S/C13H17NO4S/c1-13(17-8-9-18-13)7-6-11-4-3-5-12(10-11)14-19(2,15)16/h3-5,8-10,14H,6-7H2,1-2H3. The van der Waals surface area contributed by atoms with Crippen molar-refractivity contribution in [1.82, 2.24) is 0 Å². The summed E-state index contributed by atoms with van der Waals surface area (Å²) in [6.07, 6.45) is 5.61. The largest absolute Gasteiger partial charge is 0.457 e. The van der Waals surface area contributed by atoms with E-state index in [4.69, 9.17) is 9.47 Å². The molecule has 0 unspecified atom stereocenters. The van der Waals surface area contributed by atoms with E-state index in [1.807, 2.05) is 25.1 Å². The first-order valence-electron chi connectivity index (χ1n) is 5.94. The van der Waals surface area contributed by atoms with Crippen molar-refractivity contribution >= 4 is 15.7 Å². The molecular weight excluding hydrogens is 266 g/mol. The Morgan fingerprint density at radius 1 is 1.26 bits per heavy atom. The van der Waals surface area contributed by atoms with E-state index in [1.54, 1.807) is 6.07 Å². The van der Waals surface area contributed by atoms with Gasteiger partial charge >= 0.3 is 0 Å². The zero-order chi connectivity index (χ0) is 13.9. The quantitative estimate of drug-likeness (QED) is 0.900. The number of anilines is 1. The van der Waals surface area contributed by atoms with Crippen LogP contribution in [0.1, 0.15) is 18.9 Å². The van der Waals surface area contributed by atoms with E-state index < -0.39 is 15.8 Å².